The van der Waals surface area contributed by atoms with Crippen LogP contribution in [0.3, 0.4) is 0 Å². The van der Waals surface area contributed by atoms with Gasteiger partial charge in [-0.2, -0.15) is 0 Å². The lowest BCUT2D eigenvalue weighted by Crippen LogP contribution is -2.09. The summed E-state index contributed by atoms with van der Waals surface area (Å²) in [6, 6.07) is 0. The predicted octanol–water partition coefficient (Wildman–Crippen LogP) is -1.45. The quantitative estimate of drug-likeness (QED) is 0.341. The van der Waals surface area contributed by atoms with E-state index in [1.165, 1.54) is 6.92 Å². The number of rotatable bonds is 9. The van der Waals surface area contributed by atoms with Crippen LogP contribution in [0, 0.1) is 0 Å². The normalized spacial score (nSPS) is 9.41. The fourth-order valence-electron chi connectivity index (χ4n) is 0.642. The molecule has 0 radical (unpaired) electrons. The minimum absolute atomic E-state index is 0.0000709. The zero-order valence-corrected chi connectivity index (χ0v) is 10.1. The van der Waals surface area contributed by atoms with Crippen LogP contribution >= 0.6 is 0 Å². The molecule has 0 spiro atoms. The largest absolute Gasteiger partial charge is 0.463 e. The molecule has 7 heteroatoms. The van der Waals surface area contributed by atoms with E-state index >= 15 is 0 Å². The van der Waals surface area contributed by atoms with E-state index in [0.29, 0.717) is 26.4 Å². The van der Waals surface area contributed by atoms with Gasteiger partial charge in [-0.1, -0.05) is 0 Å². The summed E-state index contributed by atoms with van der Waals surface area (Å²) >= 11 is 0. The first-order valence-electron chi connectivity index (χ1n) is 5.30. The zero-order valence-electron chi connectivity index (χ0n) is 10.1. The molecule has 0 aromatic heterocycles. The smallest absolute Gasteiger partial charge is 0.302 e. The van der Waals surface area contributed by atoms with Crippen LogP contribution in [0.5, 0.6) is 0 Å². The molecule has 7 nitrogen and oxygen atoms in total. The summed E-state index contributed by atoms with van der Waals surface area (Å²) in [6.07, 6.45) is 0. The lowest BCUT2D eigenvalue weighted by molar-refractivity contribution is -0.142. The van der Waals surface area contributed by atoms with Gasteiger partial charge in [0, 0.05) is 6.92 Å². The van der Waals surface area contributed by atoms with E-state index in [0.717, 1.165) is 0 Å². The Balaban J connectivity index is 0. The minimum Gasteiger partial charge on any atom is -0.463 e. The van der Waals surface area contributed by atoms with Crippen LogP contribution in [0.4, 0.5) is 0 Å². The molecule has 0 aromatic carbocycles. The third-order valence-electron chi connectivity index (χ3n) is 1.24. The van der Waals surface area contributed by atoms with Crippen LogP contribution in [0.1, 0.15) is 6.92 Å². The Morgan fingerprint density at radius 2 is 1.24 bits per heavy atom. The first kappa shape index (κ1) is 18.6. The molecular formula is C10H22O7. The van der Waals surface area contributed by atoms with Gasteiger partial charge < -0.3 is 29.5 Å². The van der Waals surface area contributed by atoms with Gasteiger partial charge in [-0.25, -0.2) is 0 Å². The van der Waals surface area contributed by atoms with Crippen molar-refractivity contribution < 1.29 is 34.3 Å². The number of aliphatic hydroxyl groups is 3. The Labute approximate surface area is 101 Å². The number of carbonyl (C=O) groups is 1. The van der Waals surface area contributed by atoms with Gasteiger partial charge in [-0.15, -0.1) is 0 Å². The van der Waals surface area contributed by atoms with E-state index in [9.17, 15) is 4.79 Å². The van der Waals surface area contributed by atoms with Crippen LogP contribution in [0.15, 0.2) is 0 Å². The summed E-state index contributed by atoms with van der Waals surface area (Å²) in [4.78, 5) is 10.1. The van der Waals surface area contributed by atoms with Crippen LogP contribution < -0.4 is 0 Å². The average molecular weight is 254 g/mol. The Bertz CT molecular complexity index is 148. The maximum Gasteiger partial charge on any atom is 0.302 e. The highest BCUT2D eigenvalue weighted by atomic mass is 16.6. The Morgan fingerprint density at radius 1 is 0.824 bits per heavy atom. The molecule has 104 valence electrons. The third-order valence-corrected chi connectivity index (χ3v) is 1.24. The maximum atomic E-state index is 10.1. The fourth-order valence-corrected chi connectivity index (χ4v) is 0.642. The van der Waals surface area contributed by atoms with Crippen LogP contribution in [0.25, 0.3) is 0 Å². The number of carbonyl (C=O) groups excluding carboxylic acids is 1. The molecule has 0 bridgehead atoms. The second-order valence-corrected chi connectivity index (χ2v) is 2.74. The molecule has 0 unspecified atom stereocenters. The first-order chi connectivity index (χ1) is 8.18. The first-order valence-corrected chi connectivity index (χ1v) is 5.30. The number of hydrogen-bond acceptors (Lipinski definition) is 7. The van der Waals surface area contributed by atoms with Gasteiger partial charge >= 0.3 is 5.97 Å². The molecule has 0 aromatic rings. The van der Waals surface area contributed by atoms with Gasteiger partial charge in [0.05, 0.1) is 46.2 Å². The van der Waals surface area contributed by atoms with E-state index in [1.54, 1.807) is 0 Å². The highest BCUT2D eigenvalue weighted by molar-refractivity contribution is 5.65. The Hall–Kier alpha value is -0.730. The van der Waals surface area contributed by atoms with E-state index in [2.05, 4.69) is 9.47 Å². The molecule has 0 saturated carbocycles. The van der Waals surface area contributed by atoms with E-state index in [1.807, 2.05) is 0 Å². The van der Waals surface area contributed by atoms with Gasteiger partial charge in [0.1, 0.15) is 6.61 Å². The van der Waals surface area contributed by atoms with Crippen LogP contribution in [0.2, 0.25) is 0 Å². The van der Waals surface area contributed by atoms with Crippen molar-refractivity contribution in [2.24, 2.45) is 0 Å². The topological polar surface area (TPSA) is 105 Å². The van der Waals surface area contributed by atoms with Crippen molar-refractivity contribution in [3.05, 3.63) is 0 Å². The third kappa shape index (κ3) is 25.5. The lowest BCUT2D eigenvalue weighted by atomic mass is 10.7. The van der Waals surface area contributed by atoms with Crippen molar-refractivity contribution in [2.75, 3.05) is 52.9 Å². The van der Waals surface area contributed by atoms with Crippen LogP contribution in [-0.2, 0) is 19.0 Å². The fraction of sp³-hybridized carbons (Fsp3) is 0.900. The molecule has 0 aliphatic rings. The highest BCUT2D eigenvalue weighted by Crippen LogP contribution is 1.78. The number of esters is 1. The maximum absolute atomic E-state index is 10.1. The molecule has 0 heterocycles. The highest BCUT2D eigenvalue weighted by Gasteiger charge is 1.90. The molecule has 0 atom stereocenters. The van der Waals surface area contributed by atoms with Gasteiger partial charge in [-0.05, 0) is 0 Å². The molecule has 0 saturated heterocycles. The summed E-state index contributed by atoms with van der Waals surface area (Å²) < 4.78 is 14.0. The standard InChI is InChI=1S/C6H12O4.C4H10O3/c1-6(8)10-5-4-9-3-2-7;5-1-3-7-4-2-6/h7H,2-5H2,1H3;5-6H,1-4H2. The second kappa shape index (κ2) is 17.7. The van der Waals surface area contributed by atoms with Crippen molar-refractivity contribution in [1.82, 2.24) is 0 Å². The molecule has 0 rings (SSSR count). The van der Waals surface area contributed by atoms with Crippen molar-refractivity contribution >= 4 is 5.97 Å². The van der Waals surface area contributed by atoms with Gasteiger partial charge in [0.15, 0.2) is 0 Å². The summed E-state index contributed by atoms with van der Waals surface area (Å²) in [5.41, 5.74) is 0. The molecule has 0 aliphatic carbocycles. The van der Waals surface area contributed by atoms with E-state index in [-0.39, 0.29) is 32.4 Å². The van der Waals surface area contributed by atoms with Gasteiger partial charge in [0.25, 0.3) is 0 Å². The molecular weight excluding hydrogens is 232 g/mol. The molecule has 0 aliphatic heterocycles. The summed E-state index contributed by atoms with van der Waals surface area (Å²) in [5, 5.41) is 24.4. The lowest BCUT2D eigenvalue weighted by Gasteiger charge is -2.01. The number of hydrogen-bond donors (Lipinski definition) is 3. The van der Waals surface area contributed by atoms with Crippen molar-refractivity contribution in [2.45, 2.75) is 6.92 Å². The van der Waals surface area contributed by atoms with Crippen LogP contribution in [-0.4, -0.2) is 74.1 Å². The second-order valence-electron chi connectivity index (χ2n) is 2.74. The average Bonchev–Trinajstić information content (AvgIpc) is 2.30. The van der Waals surface area contributed by atoms with Gasteiger partial charge in [0.2, 0.25) is 0 Å². The summed E-state index contributed by atoms with van der Waals surface area (Å²) in [7, 11) is 0. The van der Waals surface area contributed by atoms with E-state index < -0.39 is 0 Å². The van der Waals surface area contributed by atoms with Crippen molar-refractivity contribution in [1.29, 1.82) is 0 Å². The Kier molecular flexibility index (Phi) is 19.4. The summed E-state index contributed by atoms with van der Waals surface area (Å²) in [5.74, 6) is -0.312. The molecule has 0 fully saturated rings. The molecule has 0 amide bonds. The van der Waals surface area contributed by atoms with Crippen molar-refractivity contribution in [3.63, 3.8) is 0 Å². The van der Waals surface area contributed by atoms with Crippen molar-refractivity contribution in [3.8, 4) is 0 Å². The van der Waals surface area contributed by atoms with Gasteiger partial charge in [-0.3, -0.25) is 4.79 Å². The number of aliphatic hydroxyl groups excluding tert-OH is 3. The summed E-state index contributed by atoms with van der Waals surface area (Å²) in [6.45, 7) is 2.93. The molecule has 3 N–H and O–H groups in total. The predicted molar refractivity (Wildman–Crippen MR) is 59.5 cm³/mol. The number of ether oxygens (including phenoxy) is 3. The molecule has 17 heavy (non-hydrogen) atoms. The SMILES string of the molecule is CC(=O)OCCOCCO.OCCOCCO. The Morgan fingerprint density at radius 3 is 1.59 bits per heavy atom. The monoisotopic (exact) mass is 254 g/mol. The van der Waals surface area contributed by atoms with E-state index in [4.69, 9.17) is 20.1 Å². The zero-order chi connectivity index (χ0) is 13.4. The minimum atomic E-state index is -0.312.